The van der Waals surface area contributed by atoms with Crippen LogP contribution < -0.4 is 5.32 Å². The van der Waals surface area contributed by atoms with Crippen molar-refractivity contribution in [2.75, 3.05) is 13.6 Å². The minimum Gasteiger partial charge on any atom is -0.478 e. The van der Waals surface area contributed by atoms with E-state index < -0.39 is 41.6 Å². The number of benzene rings is 1. The largest absolute Gasteiger partial charge is 0.491 e. The summed E-state index contributed by atoms with van der Waals surface area (Å²) >= 11 is 0. The molecule has 0 aliphatic carbocycles. The van der Waals surface area contributed by atoms with Crippen LogP contribution in [0.25, 0.3) is 6.08 Å². The van der Waals surface area contributed by atoms with Gasteiger partial charge in [0.25, 0.3) is 0 Å². The van der Waals surface area contributed by atoms with Crippen molar-refractivity contribution >= 4 is 19.2 Å². The zero-order chi connectivity index (χ0) is 20.6. The first-order valence-corrected chi connectivity index (χ1v) is 8.44. The number of carbonyl (C=O) groups is 1. The molecule has 0 unspecified atom stereocenters. The number of carboxylic acids is 1. The first-order valence-electron chi connectivity index (χ1n) is 8.44. The Morgan fingerprint density at radius 2 is 1.78 bits per heavy atom. The number of rotatable bonds is 5. The topological polar surface area (TPSA) is 67.8 Å². The van der Waals surface area contributed by atoms with Crippen LogP contribution in [0, 0.1) is 0 Å². The number of likely N-dealkylation sites (N-methyl/N-ethyl adjacent to an activating group) is 1. The van der Waals surface area contributed by atoms with Crippen molar-refractivity contribution in [2.24, 2.45) is 0 Å². The van der Waals surface area contributed by atoms with Crippen LogP contribution in [-0.2, 0) is 15.5 Å². The van der Waals surface area contributed by atoms with Crippen LogP contribution in [0.1, 0.15) is 49.2 Å². The highest BCUT2D eigenvalue weighted by Gasteiger charge is 2.52. The summed E-state index contributed by atoms with van der Waals surface area (Å²) < 4.78 is 51.6. The average Bonchev–Trinajstić information content (AvgIpc) is 2.74. The lowest BCUT2D eigenvalue weighted by molar-refractivity contribution is -0.138. The SMILES string of the molecule is CNCC(=Cc1ccc(C(=O)O)c(C(F)(F)F)c1)B1OC(C)(C)C(C)(C)O1. The smallest absolute Gasteiger partial charge is 0.478 e. The van der Waals surface area contributed by atoms with Crippen molar-refractivity contribution < 1.29 is 32.4 Å². The predicted octanol–water partition coefficient (Wildman–Crippen LogP) is 3.64. The summed E-state index contributed by atoms with van der Waals surface area (Å²) in [7, 11) is 0.976. The fourth-order valence-corrected chi connectivity index (χ4v) is 2.69. The second-order valence-electron chi connectivity index (χ2n) is 7.45. The molecule has 1 aliphatic heterocycles. The highest BCUT2D eigenvalue weighted by molar-refractivity contribution is 6.55. The van der Waals surface area contributed by atoms with Crippen LogP contribution in [0.5, 0.6) is 0 Å². The zero-order valence-electron chi connectivity index (χ0n) is 15.9. The summed E-state index contributed by atoms with van der Waals surface area (Å²) in [6, 6.07) is 3.11. The van der Waals surface area contributed by atoms with Crippen molar-refractivity contribution in [1.82, 2.24) is 5.32 Å². The Bertz CT molecular complexity index is 743. The van der Waals surface area contributed by atoms with Gasteiger partial charge in [0.2, 0.25) is 0 Å². The molecular weight excluding hydrogens is 362 g/mol. The monoisotopic (exact) mass is 385 g/mol. The van der Waals surface area contributed by atoms with E-state index in [9.17, 15) is 18.0 Å². The summed E-state index contributed by atoms with van der Waals surface area (Å²) in [5, 5.41) is 12.0. The Morgan fingerprint density at radius 3 is 2.22 bits per heavy atom. The van der Waals surface area contributed by atoms with Gasteiger partial charge in [0, 0.05) is 6.54 Å². The third kappa shape index (κ3) is 4.53. The van der Waals surface area contributed by atoms with Crippen LogP contribution in [0.4, 0.5) is 13.2 Å². The van der Waals surface area contributed by atoms with E-state index >= 15 is 0 Å². The summed E-state index contributed by atoms with van der Waals surface area (Å²) in [4.78, 5) is 11.1. The number of hydrogen-bond donors (Lipinski definition) is 2. The molecule has 1 fully saturated rings. The molecule has 148 valence electrons. The fourth-order valence-electron chi connectivity index (χ4n) is 2.69. The van der Waals surface area contributed by atoms with Gasteiger partial charge in [-0.2, -0.15) is 13.2 Å². The molecule has 2 N–H and O–H groups in total. The Morgan fingerprint density at radius 1 is 1.22 bits per heavy atom. The van der Waals surface area contributed by atoms with E-state index in [-0.39, 0.29) is 5.56 Å². The first-order chi connectivity index (χ1) is 12.3. The molecule has 0 bridgehead atoms. The minimum absolute atomic E-state index is 0.215. The first kappa shape index (κ1) is 21.5. The summed E-state index contributed by atoms with van der Waals surface area (Å²) in [6.45, 7) is 7.86. The second-order valence-corrected chi connectivity index (χ2v) is 7.45. The van der Waals surface area contributed by atoms with E-state index in [0.717, 1.165) is 12.1 Å². The molecule has 1 aliphatic rings. The molecule has 1 saturated heterocycles. The standard InChI is InChI=1S/C18H23BF3NO4/c1-16(2)17(3,4)27-19(26-16)12(10-23-5)8-11-6-7-13(15(24)25)14(9-11)18(20,21)22/h6-9,23H,10H2,1-5H3,(H,24,25). The van der Waals surface area contributed by atoms with Crippen molar-refractivity contribution in [3.8, 4) is 0 Å². The summed E-state index contributed by atoms with van der Waals surface area (Å²) in [5.74, 6) is -1.63. The molecule has 1 aromatic rings. The van der Waals surface area contributed by atoms with Gasteiger partial charge in [0.1, 0.15) is 0 Å². The maximum atomic E-state index is 13.2. The van der Waals surface area contributed by atoms with Gasteiger partial charge in [-0.15, -0.1) is 0 Å². The van der Waals surface area contributed by atoms with Crippen molar-refractivity contribution in [1.29, 1.82) is 0 Å². The number of aromatic carboxylic acids is 1. The van der Waals surface area contributed by atoms with Gasteiger partial charge in [-0.3, -0.25) is 0 Å². The Labute approximate surface area is 156 Å². The highest BCUT2D eigenvalue weighted by Crippen LogP contribution is 2.39. The normalized spacial score (nSPS) is 19.4. The van der Waals surface area contributed by atoms with Crippen molar-refractivity contribution in [2.45, 2.75) is 45.1 Å². The van der Waals surface area contributed by atoms with Crippen LogP contribution in [0.3, 0.4) is 0 Å². The van der Waals surface area contributed by atoms with Crippen LogP contribution in [0.2, 0.25) is 0 Å². The van der Waals surface area contributed by atoms with E-state index in [1.807, 2.05) is 27.7 Å². The lowest BCUT2D eigenvalue weighted by Gasteiger charge is -2.32. The van der Waals surface area contributed by atoms with Gasteiger partial charge < -0.3 is 19.7 Å². The molecule has 1 aromatic carbocycles. The Kier molecular flexibility index (Phi) is 5.80. The number of nitrogens with one attached hydrogen (secondary N) is 1. The molecule has 0 spiro atoms. The molecule has 1 heterocycles. The van der Waals surface area contributed by atoms with Gasteiger partial charge in [0.15, 0.2) is 0 Å². The zero-order valence-corrected chi connectivity index (χ0v) is 15.9. The molecule has 9 heteroatoms. The molecule has 0 aromatic heterocycles. The van der Waals surface area contributed by atoms with Gasteiger partial charge in [-0.1, -0.05) is 12.1 Å². The Balaban J connectivity index is 2.46. The van der Waals surface area contributed by atoms with Gasteiger partial charge >= 0.3 is 19.3 Å². The van der Waals surface area contributed by atoms with Gasteiger partial charge in [-0.05, 0) is 57.9 Å². The molecular formula is C18H23BF3NO4. The number of carboxylic acid groups (broad SMARTS) is 1. The maximum Gasteiger partial charge on any atom is 0.491 e. The molecule has 0 atom stereocenters. The second kappa shape index (κ2) is 7.29. The highest BCUT2D eigenvalue weighted by atomic mass is 19.4. The van der Waals surface area contributed by atoms with E-state index in [4.69, 9.17) is 14.4 Å². The molecule has 0 radical (unpaired) electrons. The molecule has 0 saturated carbocycles. The number of halogens is 3. The number of hydrogen-bond acceptors (Lipinski definition) is 4. The van der Waals surface area contributed by atoms with Crippen molar-refractivity contribution in [3.63, 3.8) is 0 Å². The van der Waals surface area contributed by atoms with Crippen LogP contribution >= 0.6 is 0 Å². The fraction of sp³-hybridized carbons (Fsp3) is 0.500. The summed E-state index contributed by atoms with van der Waals surface area (Å²) in [5.41, 5.74) is -2.34. The van der Waals surface area contributed by atoms with Crippen molar-refractivity contribution in [3.05, 3.63) is 40.4 Å². The minimum atomic E-state index is -4.77. The molecule has 27 heavy (non-hydrogen) atoms. The van der Waals surface area contributed by atoms with Gasteiger partial charge in [-0.25, -0.2) is 4.79 Å². The summed E-state index contributed by atoms with van der Waals surface area (Å²) in [6.07, 6.45) is -3.25. The predicted molar refractivity (Wildman–Crippen MR) is 96.4 cm³/mol. The Hall–Kier alpha value is -1.84. The van der Waals surface area contributed by atoms with Crippen LogP contribution in [0.15, 0.2) is 23.7 Å². The third-order valence-electron chi connectivity index (χ3n) is 4.87. The lowest BCUT2D eigenvalue weighted by Crippen LogP contribution is -2.41. The van der Waals surface area contributed by atoms with E-state index in [0.29, 0.717) is 12.0 Å². The van der Waals surface area contributed by atoms with Crippen LogP contribution in [-0.4, -0.2) is 43.0 Å². The third-order valence-corrected chi connectivity index (χ3v) is 4.87. The van der Waals surface area contributed by atoms with E-state index in [2.05, 4.69) is 5.32 Å². The lowest BCUT2D eigenvalue weighted by atomic mass is 9.77. The maximum absolute atomic E-state index is 13.2. The number of alkyl halides is 3. The molecule has 0 amide bonds. The van der Waals surface area contributed by atoms with Gasteiger partial charge in [0.05, 0.1) is 22.3 Å². The van der Waals surface area contributed by atoms with E-state index in [1.165, 1.54) is 12.1 Å². The van der Waals surface area contributed by atoms with E-state index in [1.54, 1.807) is 7.05 Å². The average molecular weight is 385 g/mol. The molecule has 2 rings (SSSR count). The molecule has 5 nitrogen and oxygen atoms in total. The quantitative estimate of drug-likeness (QED) is 0.758.